The van der Waals surface area contributed by atoms with Crippen LogP contribution in [0.4, 0.5) is 18.9 Å². The normalized spacial score (nSPS) is 29.1. The number of hydrogen-bond donors (Lipinski definition) is 2. The van der Waals surface area contributed by atoms with Crippen LogP contribution in [0.1, 0.15) is 0 Å². The second-order valence-corrected chi connectivity index (χ2v) is 7.07. The van der Waals surface area contributed by atoms with Crippen LogP contribution in [-0.2, 0) is 9.84 Å². The Kier molecular flexibility index (Phi) is 2.98. The highest BCUT2D eigenvalue weighted by molar-refractivity contribution is 7.92. The number of alkyl halides is 3. The lowest BCUT2D eigenvalue weighted by Gasteiger charge is -2.11. The Labute approximate surface area is 114 Å². The van der Waals surface area contributed by atoms with E-state index in [1.54, 1.807) is 0 Å². The summed E-state index contributed by atoms with van der Waals surface area (Å²) in [5, 5.41) is 6.46. The lowest BCUT2D eigenvalue weighted by Crippen LogP contribution is -2.23. The summed E-state index contributed by atoms with van der Waals surface area (Å²) in [6.45, 7) is 1.89. The lowest BCUT2D eigenvalue weighted by atomic mass is 10.3. The molecule has 1 aliphatic carbocycles. The van der Waals surface area contributed by atoms with Gasteiger partial charge >= 0.3 is 5.51 Å². The van der Waals surface area contributed by atoms with Gasteiger partial charge in [-0.25, -0.2) is 8.42 Å². The molecule has 0 bridgehead atoms. The number of fused-ring (bicyclic) bond motifs is 1. The van der Waals surface area contributed by atoms with Gasteiger partial charge in [-0.2, -0.15) is 13.2 Å². The first-order valence-corrected chi connectivity index (χ1v) is 7.68. The van der Waals surface area contributed by atoms with Crippen LogP contribution in [-0.4, -0.2) is 33.1 Å². The lowest BCUT2D eigenvalue weighted by molar-refractivity contribution is -0.0436. The van der Waals surface area contributed by atoms with Crippen LogP contribution in [0.15, 0.2) is 29.2 Å². The van der Waals surface area contributed by atoms with E-state index in [1.165, 1.54) is 12.1 Å². The molecule has 0 spiro atoms. The molecule has 0 aromatic heterocycles. The van der Waals surface area contributed by atoms with Crippen LogP contribution in [0.3, 0.4) is 0 Å². The third kappa shape index (κ3) is 2.16. The summed E-state index contributed by atoms with van der Waals surface area (Å²) >= 11 is 0. The molecule has 2 N–H and O–H groups in total. The second-order valence-electron chi connectivity index (χ2n) is 5.13. The van der Waals surface area contributed by atoms with E-state index >= 15 is 0 Å². The fourth-order valence-electron chi connectivity index (χ4n) is 2.69. The molecule has 4 nitrogen and oxygen atoms in total. The molecule has 1 saturated heterocycles. The predicted octanol–water partition coefficient (Wildman–Crippen LogP) is 1.61. The van der Waals surface area contributed by atoms with E-state index < -0.39 is 20.2 Å². The summed E-state index contributed by atoms with van der Waals surface area (Å²) in [6.07, 6.45) is 0. The Morgan fingerprint density at radius 2 is 1.65 bits per heavy atom. The molecule has 2 fully saturated rings. The molecule has 1 heterocycles. The van der Waals surface area contributed by atoms with Gasteiger partial charge in [-0.05, 0) is 36.1 Å². The average Bonchev–Trinajstić information content (AvgIpc) is 2.82. The number of anilines is 1. The highest BCUT2D eigenvalue weighted by Crippen LogP contribution is 2.43. The number of piperidine rings is 1. The standard InChI is InChI=1S/C12H13F3N2O2S/c13-12(14,15)20(18,19)8-3-1-7(2-4-8)17-11-9-5-16-6-10(9)11/h1-4,9-11,16-17H,5-6H2. The first-order valence-electron chi connectivity index (χ1n) is 6.19. The molecule has 1 aromatic carbocycles. The van der Waals surface area contributed by atoms with E-state index in [2.05, 4.69) is 10.6 Å². The monoisotopic (exact) mass is 306 g/mol. The van der Waals surface area contributed by atoms with Gasteiger partial charge < -0.3 is 10.6 Å². The summed E-state index contributed by atoms with van der Waals surface area (Å²) < 4.78 is 59.6. The van der Waals surface area contributed by atoms with Crippen molar-refractivity contribution in [3.05, 3.63) is 24.3 Å². The van der Waals surface area contributed by atoms with Crippen molar-refractivity contribution >= 4 is 15.5 Å². The largest absolute Gasteiger partial charge is 0.501 e. The molecular formula is C12H13F3N2O2S. The molecule has 1 aliphatic heterocycles. The van der Waals surface area contributed by atoms with Crippen molar-refractivity contribution in [1.82, 2.24) is 5.32 Å². The molecule has 0 amide bonds. The van der Waals surface area contributed by atoms with E-state index in [1.807, 2.05) is 0 Å². The van der Waals surface area contributed by atoms with Gasteiger partial charge in [-0.1, -0.05) is 0 Å². The maximum absolute atomic E-state index is 12.4. The minimum absolute atomic E-state index is 0.335. The van der Waals surface area contributed by atoms with Gasteiger partial charge in [0.1, 0.15) is 0 Å². The van der Waals surface area contributed by atoms with Crippen molar-refractivity contribution in [3.63, 3.8) is 0 Å². The Morgan fingerprint density at radius 1 is 1.10 bits per heavy atom. The summed E-state index contributed by atoms with van der Waals surface area (Å²) in [5.74, 6) is 1.13. The molecule has 1 saturated carbocycles. The molecule has 0 radical (unpaired) electrons. The number of benzene rings is 1. The minimum Gasteiger partial charge on any atom is -0.382 e. The van der Waals surface area contributed by atoms with Gasteiger partial charge in [0.2, 0.25) is 0 Å². The number of hydrogen-bond acceptors (Lipinski definition) is 4. The van der Waals surface area contributed by atoms with E-state index in [4.69, 9.17) is 0 Å². The zero-order chi connectivity index (χ0) is 14.5. The van der Waals surface area contributed by atoms with Crippen molar-refractivity contribution in [2.75, 3.05) is 18.4 Å². The van der Waals surface area contributed by atoms with Gasteiger partial charge in [0.05, 0.1) is 4.90 Å². The molecule has 110 valence electrons. The molecule has 2 atom stereocenters. The van der Waals surface area contributed by atoms with Crippen molar-refractivity contribution in [2.45, 2.75) is 16.4 Å². The predicted molar refractivity (Wildman–Crippen MR) is 66.9 cm³/mol. The van der Waals surface area contributed by atoms with Crippen LogP contribution < -0.4 is 10.6 Å². The number of sulfone groups is 1. The zero-order valence-corrected chi connectivity index (χ0v) is 11.1. The summed E-state index contributed by atoms with van der Waals surface area (Å²) in [4.78, 5) is -0.729. The molecule has 2 unspecified atom stereocenters. The first kappa shape index (κ1) is 13.7. The molecule has 8 heteroatoms. The van der Waals surface area contributed by atoms with Crippen LogP contribution in [0.2, 0.25) is 0 Å². The van der Waals surface area contributed by atoms with Crippen molar-refractivity contribution in [2.24, 2.45) is 11.8 Å². The maximum Gasteiger partial charge on any atom is 0.501 e. The third-order valence-corrected chi connectivity index (χ3v) is 5.40. The SMILES string of the molecule is O=S(=O)(c1ccc(NC2C3CNCC32)cc1)C(F)(F)F. The van der Waals surface area contributed by atoms with Crippen molar-refractivity contribution in [3.8, 4) is 0 Å². The number of rotatable bonds is 3. The van der Waals surface area contributed by atoms with Gasteiger partial charge in [0.15, 0.2) is 0 Å². The van der Waals surface area contributed by atoms with Crippen molar-refractivity contribution in [1.29, 1.82) is 0 Å². The molecular weight excluding hydrogens is 293 g/mol. The van der Waals surface area contributed by atoms with Gasteiger partial charge in [-0.15, -0.1) is 0 Å². The number of nitrogens with one attached hydrogen (secondary N) is 2. The molecule has 2 aliphatic rings. The van der Waals surface area contributed by atoms with Crippen LogP contribution in [0, 0.1) is 11.8 Å². The second kappa shape index (κ2) is 4.36. The number of halogens is 3. The van der Waals surface area contributed by atoms with Gasteiger partial charge in [-0.3, -0.25) is 0 Å². The minimum atomic E-state index is -5.26. The Bertz CT molecular complexity index is 603. The summed E-state index contributed by atoms with van der Waals surface area (Å²) in [7, 11) is -5.26. The van der Waals surface area contributed by atoms with Crippen LogP contribution >= 0.6 is 0 Å². The Morgan fingerprint density at radius 3 is 2.15 bits per heavy atom. The topological polar surface area (TPSA) is 58.2 Å². The van der Waals surface area contributed by atoms with E-state index in [-0.39, 0.29) is 0 Å². The average molecular weight is 306 g/mol. The highest BCUT2D eigenvalue weighted by atomic mass is 32.2. The van der Waals surface area contributed by atoms with Gasteiger partial charge in [0.25, 0.3) is 9.84 Å². The van der Waals surface area contributed by atoms with Gasteiger partial charge in [0, 0.05) is 24.8 Å². The summed E-state index contributed by atoms with van der Waals surface area (Å²) in [6, 6.07) is 5.06. The van der Waals surface area contributed by atoms with Crippen molar-refractivity contribution < 1.29 is 21.6 Å². The Balaban J connectivity index is 1.72. The molecule has 3 rings (SSSR count). The first-order chi connectivity index (χ1) is 9.30. The highest BCUT2D eigenvalue weighted by Gasteiger charge is 2.53. The quantitative estimate of drug-likeness (QED) is 0.891. The maximum atomic E-state index is 12.4. The molecule has 20 heavy (non-hydrogen) atoms. The Hall–Kier alpha value is -1.28. The zero-order valence-electron chi connectivity index (χ0n) is 10.3. The van der Waals surface area contributed by atoms with E-state index in [0.29, 0.717) is 23.6 Å². The van der Waals surface area contributed by atoms with E-state index in [9.17, 15) is 21.6 Å². The molecule has 1 aromatic rings. The smallest absolute Gasteiger partial charge is 0.382 e. The summed E-state index contributed by atoms with van der Waals surface area (Å²) in [5.41, 5.74) is -4.62. The fraction of sp³-hybridized carbons (Fsp3) is 0.500. The van der Waals surface area contributed by atoms with E-state index in [0.717, 1.165) is 25.2 Å². The van der Waals surface area contributed by atoms with Crippen LogP contribution in [0.5, 0.6) is 0 Å². The fourth-order valence-corrected chi connectivity index (χ4v) is 3.45. The third-order valence-electron chi connectivity index (χ3n) is 3.89. The van der Waals surface area contributed by atoms with Crippen LogP contribution in [0.25, 0.3) is 0 Å².